The Labute approximate surface area is 183 Å². The Hall–Kier alpha value is -3.78. The number of hydrogen-bond acceptors (Lipinski definition) is 5. The number of nitrogens with zero attached hydrogens (tertiary/aromatic N) is 1. The largest absolute Gasteiger partial charge is 0.497 e. The fraction of sp³-hybridized carbons (Fsp3) is 0.250. The van der Waals surface area contributed by atoms with Crippen molar-refractivity contribution in [3.63, 3.8) is 0 Å². The van der Waals surface area contributed by atoms with Gasteiger partial charge in [-0.3, -0.25) is 9.78 Å². The van der Waals surface area contributed by atoms with Gasteiger partial charge in [0.25, 0.3) is 5.56 Å². The maximum absolute atomic E-state index is 12.9. The van der Waals surface area contributed by atoms with E-state index in [9.17, 15) is 14.7 Å². The zero-order valence-corrected chi connectivity index (χ0v) is 18.1. The molecule has 32 heavy (non-hydrogen) atoms. The molecule has 0 amide bonds. The molecule has 0 fully saturated rings. The Bertz CT molecular complexity index is 1480. The topological polar surface area (TPSA) is 112 Å². The van der Waals surface area contributed by atoms with Gasteiger partial charge in [0.05, 0.1) is 18.8 Å². The highest BCUT2D eigenvalue weighted by Gasteiger charge is 2.31. The number of aromatic nitrogens is 3. The van der Waals surface area contributed by atoms with E-state index >= 15 is 0 Å². The molecule has 0 bridgehead atoms. The summed E-state index contributed by atoms with van der Waals surface area (Å²) in [5.74, 6) is 0.382. The van der Waals surface area contributed by atoms with E-state index in [1.807, 2.05) is 50.2 Å². The van der Waals surface area contributed by atoms with E-state index in [0.29, 0.717) is 12.2 Å². The molecule has 8 heteroatoms. The number of methoxy groups -OCH3 is 1. The Morgan fingerprint density at radius 1 is 1.09 bits per heavy atom. The lowest BCUT2D eigenvalue weighted by Gasteiger charge is -2.25. The number of rotatable bonds is 3. The zero-order valence-electron chi connectivity index (χ0n) is 18.1. The van der Waals surface area contributed by atoms with Gasteiger partial charge in [-0.1, -0.05) is 12.1 Å². The molecule has 0 saturated heterocycles. The molecule has 5 rings (SSSR count). The molecule has 1 aliphatic rings. The highest BCUT2D eigenvalue weighted by molar-refractivity contribution is 5.86. The molecule has 4 aromatic rings. The summed E-state index contributed by atoms with van der Waals surface area (Å²) in [7, 11) is 1.62. The monoisotopic (exact) mass is 432 g/mol. The van der Waals surface area contributed by atoms with E-state index in [-0.39, 0.29) is 11.4 Å². The fourth-order valence-corrected chi connectivity index (χ4v) is 4.56. The average molecular weight is 432 g/mol. The van der Waals surface area contributed by atoms with Gasteiger partial charge < -0.3 is 20.1 Å². The second-order valence-electron chi connectivity index (χ2n) is 8.19. The van der Waals surface area contributed by atoms with Gasteiger partial charge in [-0.25, -0.2) is 9.36 Å². The van der Waals surface area contributed by atoms with Crippen LogP contribution in [0.25, 0.3) is 16.6 Å². The van der Waals surface area contributed by atoms with Crippen LogP contribution in [-0.4, -0.2) is 33.3 Å². The van der Waals surface area contributed by atoms with E-state index in [2.05, 4.69) is 15.3 Å². The second-order valence-corrected chi connectivity index (χ2v) is 8.19. The average Bonchev–Trinajstić information content (AvgIpc) is 3.14. The van der Waals surface area contributed by atoms with Crippen molar-refractivity contribution in [2.24, 2.45) is 0 Å². The summed E-state index contributed by atoms with van der Waals surface area (Å²) in [6, 6.07) is 10.8. The summed E-state index contributed by atoms with van der Waals surface area (Å²) in [5.41, 5.74) is 3.86. The number of nitrogens with one attached hydrogen (secondary N) is 3. The molecule has 2 aromatic heterocycles. The van der Waals surface area contributed by atoms with E-state index in [1.54, 1.807) is 7.11 Å². The Morgan fingerprint density at radius 3 is 2.69 bits per heavy atom. The molecule has 2 aromatic carbocycles. The van der Waals surface area contributed by atoms with Crippen LogP contribution in [0.4, 0.5) is 0 Å². The molecule has 0 saturated carbocycles. The number of fused-ring (bicyclic) bond motifs is 3. The third-order valence-corrected chi connectivity index (χ3v) is 6.17. The van der Waals surface area contributed by atoms with Crippen molar-refractivity contribution in [1.82, 2.24) is 19.9 Å². The summed E-state index contributed by atoms with van der Waals surface area (Å²) in [6.45, 7) is 4.38. The van der Waals surface area contributed by atoms with Crippen LogP contribution in [0.3, 0.4) is 0 Å². The number of benzene rings is 2. The van der Waals surface area contributed by atoms with E-state index in [1.165, 1.54) is 4.57 Å². The first-order valence-electron chi connectivity index (χ1n) is 10.5. The van der Waals surface area contributed by atoms with Crippen molar-refractivity contribution in [2.75, 3.05) is 13.7 Å². The normalized spacial score (nSPS) is 15.7. The van der Waals surface area contributed by atoms with Crippen molar-refractivity contribution in [3.8, 4) is 17.3 Å². The molecule has 1 aliphatic heterocycles. The van der Waals surface area contributed by atoms with Gasteiger partial charge in [0.2, 0.25) is 5.88 Å². The first-order valence-corrected chi connectivity index (χ1v) is 10.5. The lowest BCUT2D eigenvalue weighted by molar-refractivity contribution is 0.409. The molecular formula is C24H24N4O4. The van der Waals surface area contributed by atoms with Crippen molar-refractivity contribution in [3.05, 3.63) is 85.2 Å². The smallest absolute Gasteiger partial charge is 0.335 e. The van der Waals surface area contributed by atoms with Crippen molar-refractivity contribution >= 4 is 10.9 Å². The van der Waals surface area contributed by atoms with Crippen LogP contribution in [0.1, 0.15) is 34.0 Å². The van der Waals surface area contributed by atoms with Gasteiger partial charge in [-0.05, 0) is 61.2 Å². The lowest BCUT2D eigenvalue weighted by Crippen LogP contribution is -2.38. The third-order valence-electron chi connectivity index (χ3n) is 6.17. The maximum atomic E-state index is 12.9. The van der Waals surface area contributed by atoms with Crippen molar-refractivity contribution < 1.29 is 9.84 Å². The van der Waals surface area contributed by atoms with Gasteiger partial charge in [0, 0.05) is 23.1 Å². The quantitative estimate of drug-likeness (QED) is 0.398. The summed E-state index contributed by atoms with van der Waals surface area (Å²) >= 11 is 0. The number of aromatic hydroxyl groups is 1. The Balaban J connectivity index is 1.75. The highest BCUT2D eigenvalue weighted by Crippen LogP contribution is 2.36. The van der Waals surface area contributed by atoms with Crippen LogP contribution in [-0.2, 0) is 6.42 Å². The number of aryl methyl sites for hydroxylation is 2. The highest BCUT2D eigenvalue weighted by atomic mass is 16.5. The number of H-pyrrole nitrogens is 2. The van der Waals surface area contributed by atoms with Gasteiger partial charge in [0.1, 0.15) is 11.3 Å². The Kier molecular flexibility index (Phi) is 4.67. The number of aromatic amines is 2. The van der Waals surface area contributed by atoms with Crippen molar-refractivity contribution in [2.45, 2.75) is 26.3 Å². The molecule has 8 nitrogen and oxygen atoms in total. The molecule has 3 heterocycles. The van der Waals surface area contributed by atoms with Crippen LogP contribution in [0.2, 0.25) is 0 Å². The van der Waals surface area contributed by atoms with Gasteiger partial charge in [-0.15, -0.1) is 0 Å². The van der Waals surface area contributed by atoms with Gasteiger partial charge >= 0.3 is 5.69 Å². The number of ether oxygens (including phenoxy) is 1. The van der Waals surface area contributed by atoms with E-state index in [4.69, 9.17) is 4.74 Å². The summed E-state index contributed by atoms with van der Waals surface area (Å²) in [4.78, 5) is 31.4. The van der Waals surface area contributed by atoms with Crippen LogP contribution in [0.5, 0.6) is 11.6 Å². The maximum Gasteiger partial charge on any atom is 0.335 e. The molecule has 164 valence electrons. The molecule has 0 spiro atoms. The van der Waals surface area contributed by atoms with Gasteiger partial charge in [0.15, 0.2) is 0 Å². The van der Waals surface area contributed by atoms with Crippen LogP contribution < -0.4 is 21.3 Å². The minimum Gasteiger partial charge on any atom is -0.497 e. The molecule has 1 atom stereocenters. The SMILES string of the molecule is COc1ccc2[nH]c3c(c2c1)CCN[C@@H]3c1c(O)n(-c2cc(C)ccc2C)c(=O)[nH]c1=O. The lowest BCUT2D eigenvalue weighted by atomic mass is 9.95. The van der Waals surface area contributed by atoms with Gasteiger partial charge in [-0.2, -0.15) is 0 Å². The predicted molar refractivity (Wildman–Crippen MR) is 122 cm³/mol. The van der Waals surface area contributed by atoms with E-state index in [0.717, 1.165) is 45.5 Å². The minimum absolute atomic E-state index is 0.102. The summed E-state index contributed by atoms with van der Waals surface area (Å²) in [5, 5.41) is 15.6. The minimum atomic E-state index is -0.678. The Morgan fingerprint density at radius 2 is 1.91 bits per heavy atom. The predicted octanol–water partition coefficient (Wildman–Crippen LogP) is 2.57. The fourth-order valence-electron chi connectivity index (χ4n) is 4.56. The molecule has 0 aliphatic carbocycles. The van der Waals surface area contributed by atoms with Crippen LogP contribution in [0, 0.1) is 13.8 Å². The molecule has 4 N–H and O–H groups in total. The molecular weight excluding hydrogens is 408 g/mol. The summed E-state index contributed by atoms with van der Waals surface area (Å²) < 4.78 is 6.54. The van der Waals surface area contributed by atoms with Crippen LogP contribution in [0.15, 0.2) is 46.0 Å². The molecule has 0 unspecified atom stereocenters. The zero-order chi connectivity index (χ0) is 22.6. The molecule has 0 radical (unpaired) electrons. The number of hydrogen-bond donors (Lipinski definition) is 4. The van der Waals surface area contributed by atoms with Crippen LogP contribution >= 0.6 is 0 Å². The summed E-state index contributed by atoms with van der Waals surface area (Å²) in [6.07, 6.45) is 0.758. The second kappa shape index (κ2) is 7.42. The van der Waals surface area contributed by atoms with E-state index < -0.39 is 17.3 Å². The first-order chi connectivity index (χ1) is 15.4. The van der Waals surface area contributed by atoms with Crippen molar-refractivity contribution in [1.29, 1.82) is 0 Å². The first kappa shape index (κ1) is 20.1. The third kappa shape index (κ3) is 3.03. The standard InChI is InChI=1S/C24H24N4O4/c1-12-4-5-13(2)18(10-12)28-23(30)19(22(29)27-24(28)31)21-20-15(8-9-25-21)16-11-14(32-3)6-7-17(16)26-20/h4-7,10-11,21,25-26,30H,8-9H2,1-3H3,(H,27,29,31)/t21-/m1/s1.